The van der Waals surface area contributed by atoms with Crippen molar-refractivity contribution in [3.8, 4) is 22.5 Å². The quantitative estimate of drug-likeness (QED) is 0.454. The van der Waals surface area contributed by atoms with Crippen molar-refractivity contribution in [1.29, 1.82) is 0 Å². The van der Waals surface area contributed by atoms with Gasteiger partial charge in [0.15, 0.2) is 11.3 Å². The fourth-order valence-electron chi connectivity index (χ4n) is 2.91. The maximum Gasteiger partial charge on any atom is 0.357 e. The number of halogens is 2. The Kier molecular flexibility index (Phi) is 4.79. The second-order valence-corrected chi connectivity index (χ2v) is 6.47. The number of hydrogen-bond donors (Lipinski definition) is 0. The van der Waals surface area contributed by atoms with Gasteiger partial charge in [-0.1, -0.05) is 35.9 Å². The molecule has 4 aromatic rings. The van der Waals surface area contributed by atoms with E-state index in [1.54, 1.807) is 43.3 Å². The summed E-state index contributed by atoms with van der Waals surface area (Å²) < 4.78 is 21.0. The van der Waals surface area contributed by atoms with E-state index in [0.717, 1.165) is 5.56 Å². The Bertz CT molecular complexity index is 1170. The van der Waals surface area contributed by atoms with Crippen molar-refractivity contribution in [3.05, 3.63) is 77.2 Å². The Balaban J connectivity index is 1.95. The number of aromatic nitrogens is 3. The molecule has 0 aliphatic carbocycles. The van der Waals surface area contributed by atoms with Crippen LogP contribution in [0.15, 0.2) is 60.7 Å². The molecule has 5 nitrogen and oxygen atoms in total. The van der Waals surface area contributed by atoms with Gasteiger partial charge < -0.3 is 4.74 Å². The highest BCUT2D eigenvalue weighted by Gasteiger charge is 2.18. The van der Waals surface area contributed by atoms with Crippen LogP contribution in [0.25, 0.3) is 28.2 Å². The molecule has 0 aliphatic rings. The topological polar surface area (TPSA) is 56.5 Å². The van der Waals surface area contributed by atoms with E-state index in [1.807, 2.05) is 12.1 Å². The van der Waals surface area contributed by atoms with Crippen molar-refractivity contribution in [1.82, 2.24) is 14.6 Å². The monoisotopic (exact) mass is 395 g/mol. The van der Waals surface area contributed by atoms with Gasteiger partial charge in [0.2, 0.25) is 0 Å². The molecule has 0 radical (unpaired) electrons. The summed E-state index contributed by atoms with van der Waals surface area (Å²) in [5.74, 6) is -0.995. The average molecular weight is 396 g/mol. The van der Waals surface area contributed by atoms with Crippen LogP contribution in [0.4, 0.5) is 4.39 Å². The van der Waals surface area contributed by atoms with Gasteiger partial charge in [0.05, 0.1) is 18.0 Å². The predicted octanol–water partition coefficient (Wildman–Crippen LogP) is 5.03. The molecule has 0 spiro atoms. The lowest BCUT2D eigenvalue weighted by atomic mass is 10.1. The van der Waals surface area contributed by atoms with Crippen molar-refractivity contribution < 1.29 is 13.9 Å². The van der Waals surface area contributed by atoms with E-state index in [9.17, 15) is 9.18 Å². The summed E-state index contributed by atoms with van der Waals surface area (Å²) >= 11 is 5.95. The summed E-state index contributed by atoms with van der Waals surface area (Å²) in [4.78, 5) is 16.6. The number of nitrogens with zero attached hydrogens (tertiary/aromatic N) is 3. The fourth-order valence-corrected chi connectivity index (χ4v) is 3.03. The molecule has 140 valence electrons. The Morgan fingerprint density at radius 3 is 2.61 bits per heavy atom. The molecule has 0 bridgehead atoms. The van der Waals surface area contributed by atoms with Gasteiger partial charge >= 0.3 is 5.97 Å². The summed E-state index contributed by atoms with van der Waals surface area (Å²) in [5, 5.41) is 5.18. The lowest BCUT2D eigenvalue weighted by molar-refractivity contribution is 0.0519. The Morgan fingerprint density at radius 2 is 1.89 bits per heavy atom. The number of benzene rings is 2. The van der Waals surface area contributed by atoms with Gasteiger partial charge in [-0.15, -0.1) is 0 Å². The summed E-state index contributed by atoms with van der Waals surface area (Å²) in [6.45, 7) is 1.93. The van der Waals surface area contributed by atoms with Crippen LogP contribution in [-0.4, -0.2) is 27.2 Å². The van der Waals surface area contributed by atoms with Gasteiger partial charge in [0.1, 0.15) is 5.82 Å². The molecular formula is C21H15ClFN3O2. The third kappa shape index (κ3) is 3.34. The number of carbonyl (C=O) groups is 1. The summed E-state index contributed by atoms with van der Waals surface area (Å²) in [6, 6.07) is 16.7. The smallest absolute Gasteiger partial charge is 0.357 e. The van der Waals surface area contributed by atoms with Gasteiger partial charge in [0, 0.05) is 22.2 Å². The zero-order chi connectivity index (χ0) is 19.7. The van der Waals surface area contributed by atoms with E-state index in [-0.39, 0.29) is 12.3 Å². The number of esters is 1. The lowest BCUT2D eigenvalue weighted by Crippen LogP contribution is -2.10. The second-order valence-electron chi connectivity index (χ2n) is 6.03. The highest BCUT2D eigenvalue weighted by Crippen LogP contribution is 2.27. The van der Waals surface area contributed by atoms with Crippen molar-refractivity contribution in [2.24, 2.45) is 0 Å². The van der Waals surface area contributed by atoms with Gasteiger partial charge in [0.25, 0.3) is 0 Å². The predicted molar refractivity (Wildman–Crippen MR) is 105 cm³/mol. The van der Waals surface area contributed by atoms with Gasteiger partial charge in [-0.05, 0) is 37.3 Å². The molecule has 0 aliphatic heterocycles. The highest BCUT2D eigenvalue weighted by atomic mass is 35.5. The van der Waals surface area contributed by atoms with Gasteiger partial charge in [-0.3, -0.25) is 0 Å². The molecule has 0 atom stereocenters. The maximum absolute atomic E-state index is 14.5. The molecule has 0 saturated carbocycles. The average Bonchev–Trinajstić information content (AvgIpc) is 3.12. The molecule has 4 rings (SSSR count). The Labute approximate surface area is 165 Å². The van der Waals surface area contributed by atoms with E-state index in [4.69, 9.17) is 16.3 Å². The first kappa shape index (κ1) is 18.1. The fraction of sp³-hybridized carbons (Fsp3) is 0.0952. The molecule has 0 amide bonds. The van der Waals surface area contributed by atoms with Crippen LogP contribution in [-0.2, 0) is 4.74 Å². The van der Waals surface area contributed by atoms with Crippen LogP contribution in [0.2, 0.25) is 5.02 Å². The number of fused-ring (bicyclic) bond motifs is 1. The van der Waals surface area contributed by atoms with Crippen LogP contribution in [0.1, 0.15) is 17.4 Å². The van der Waals surface area contributed by atoms with Crippen LogP contribution in [0, 0.1) is 5.82 Å². The standard InChI is InChI=1S/C21H15ClFN3O2/c1-2-28-21(27)18-11-19(15-5-3-4-6-16(15)23)26-20(24-18)12-17(25-26)13-7-9-14(22)10-8-13/h3-12H,2H2,1H3. The van der Waals surface area contributed by atoms with E-state index in [1.165, 1.54) is 16.6 Å². The van der Waals surface area contributed by atoms with Crippen LogP contribution in [0.5, 0.6) is 0 Å². The zero-order valence-corrected chi connectivity index (χ0v) is 15.7. The molecular weight excluding hydrogens is 381 g/mol. The molecule has 2 aromatic carbocycles. The molecule has 2 aromatic heterocycles. The first-order valence-electron chi connectivity index (χ1n) is 8.65. The summed E-state index contributed by atoms with van der Waals surface area (Å²) in [6.07, 6.45) is 0. The Hall–Kier alpha value is -3.25. The minimum atomic E-state index is -0.572. The SMILES string of the molecule is CCOC(=O)c1cc(-c2ccccc2F)n2nc(-c3ccc(Cl)cc3)cc2n1. The zero-order valence-electron chi connectivity index (χ0n) is 14.9. The van der Waals surface area contributed by atoms with Crippen molar-refractivity contribution in [2.75, 3.05) is 6.61 Å². The molecule has 0 fully saturated rings. The first-order valence-corrected chi connectivity index (χ1v) is 9.03. The molecule has 7 heteroatoms. The van der Waals surface area contributed by atoms with E-state index in [2.05, 4.69) is 10.1 Å². The van der Waals surface area contributed by atoms with Gasteiger partial charge in [-0.2, -0.15) is 5.10 Å². The van der Waals surface area contributed by atoms with Crippen LogP contribution >= 0.6 is 11.6 Å². The largest absolute Gasteiger partial charge is 0.461 e. The normalized spacial score (nSPS) is 11.0. The molecule has 28 heavy (non-hydrogen) atoms. The maximum atomic E-state index is 14.5. The Morgan fingerprint density at radius 1 is 1.14 bits per heavy atom. The van der Waals surface area contributed by atoms with Crippen LogP contribution in [0.3, 0.4) is 0 Å². The van der Waals surface area contributed by atoms with Crippen LogP contribution < -0.4 is 0 Å². The number of rotatable bonds is 4. The first-order chi connectivity index (χ1) is 13.6. The minimum absolute atomic E-state index is 0.0927. The van der Waals surface area contributed by atoms with Gasteiger partial charge in [-0.25, -0.2) is 18.7 Å². The highest BCUT2D eigenvalue weighted by molar-refractivity contribution is 6.30. The van der Waals surface area contributed by atoms with Crippen molar-refractivity contribution in [3.63, 3.8) is 0 Å². The number of ether oxygens (including phenoxy) is 1. The van der Waals surface area contributed by atoms with Crippen molar-refractivity contribution in [2.45, 2.75) is 6.92 Å². The summed E-state index contributed by atoms with van der Waals surface area (Å²) in [5.41, 5.74) is 2.68. The van der Waals surface area contributed by atoms with E-state index in [0.29, 0.717) is 27.6 Å². The third-order valence-corrected chi connectivity index (χ3v) is 4.45. The molecule has 0 N–H and O–H groups in total. The molecule has 0 unspecified atom stereocenters. The summed E-state index contributed by atoms with van der Waals surface area (Å²) in [7, 11) is 0. The van der Waals surface area contributed by atoms with E-state index >= 15 is 0 Å². The third-order valence-electron chi connectivity index (χ3n) is 4.20. The lowest BCUT2D eigenvalue weighted by Gasteiger charge is -2.08. The van der Waals surface area contributed by atoms with E-state index < -0.39 is 11.8 Å². The molecule has 0 saturated heterocycles. The second kappa shape index (κ2) is 7.40. The van der Waals surface area contributed by atoms with Crippen molar-refractivity contribution >= 4 is 23.2 Å². The molecule has 2 heterocycles. The minimum Gasteiger partial charge on any atom is -0.461 e. The number of hydrogen-bond acceptors (Lipinski definition) is 4. The number of carbonyl (C=O) groups excluding carboxylic acids is 1.